The molecule has 0 radical (unpaired) electrons. The second kappa shape index (κ2) is 8.74. The van der Waals surface area contributed by atoms with Gasteiger partial charge < -0.3 is 14.2 Å². The van der Waals surface area contributed by atoms with Crippen LogP contribution in [0.25, 0.3) is 4.85 Å². The topological polar surface area (TPSA) is 86.5 Å². The number of amides is 2. The zero-order valence-corrected chi connectivity index (χ0v) is 17.3. The number of carbonyl (C=O) groups excluding carboxylic acids is 3. The van der Waals surface area contributed by atoms with E-state index in [1.807, 2.05) is 0 Å². The van der Waals surface area contributed by atoms with Crippen molar-refractivity contribution in [1.29, 1.82) is 0 Å². The fraction of sp³-hybridized carbons (Fsp3) is 0.500. The van der Waals surface area contributed by atoms with Crippen molar-refractivity contribution in [2.24, 2.45) is 0 Å². The number of hydrogen-bond acceptors (Lipinski definition) is 6. The standard InChI is InChI=1S/C20H26N2O6/c1-19(2,3)27-17(24)22(18(25)28-20(4,5)6)12-13-11-14(21-7)9-10-15(13)16(23)26-8/h9-11H,12H2,1-6,8H3. The van der Waals surface area contributed by atoms with Crippen molar-refractivity contribution in [3.63, 3.8) is 0 Å². The molecule has 152 valence electrons. The number of benzene rings is 1. The van der Waals surface area contributed by atoms with Crippen molar-refractivity contribution in [2.75, 3.05) is 7.11 Å². The second-order valence-corrected chi connectivity index (χ2v) is 7.99. The predicted octanol–water partition coefficient (Wildman–Crippen LogP) is 4.70. The van der Waals surface area contributed by atoms with Crippen LogP contribution in [0.3, 0.4) is 0 Å². The highest BCUT2D eigenvalue weighted by molar-refractivity contribution is 5.93. The maximum absolute atomic E-state index is 12.6. The molecule has 0 aliphatic heterocycles. The van der Waals surface area contributed by atoms with Crippen molar-refractivity contribution >= 4 is 23.8 Å². The summed E-state index contributed by atoms with van der Waals surface area (Å²) in [6.45, 7) is 16.8. The van der Waals surface area contributed by atoms with Crippen molar-refractivity contribution in [1.82, 2.24) is 4.90 Å². The average Bonchev–Trinajstić information content (AvgIpc) is 2.55. The molecule has 28 heavy (non-hydrogen) atoms. The molecule has 0 spiro atoms. The number of ether oxygens (including phenoxy) is 3. The molecule has 0 aliphatic carbocycles. The SMILES string of the molecule is [C-]#[N+]c1ccc(C(=O)OC)c(CN(C(=O)OC(C)(C)C)C(=O)OC(C)(C)C)c1. The summed E-state index contributed by atoms with van der Waals surface area (Å²) in [4.78, 5) is 41.4. The molecule has 1 rings (SSSR count). The molecule has 2 amide bonds. The molecule has 0 N–H and O–H groups in total. The summed E-state index contributed by atoms with van der Waals surface area (Å²) in [5, 5.41) is 0. The minimum Gasteiger partial charge on any atom is -0.465 e. The lowest BCUT2D eigenvalue weighted by Gasteiger charge is -2.29. The molecule has 0 aromatic heterocycles. The summed E-state index contributed by atoms with van der Waals surface area (Å²) >= 11 is 0. The molecule has 8 heteroatoms. The Morgan fingerprint density at radius 3 is 1.89 bits per heavy atom. The predicted molar refractivity (Wildman–Crippen MR) is 102 cm³/mol. The van der Waals surface area contributed by atoms with E-state index in [2.05, 4.69) is 4.85 Å². The van der Waals surface area contributed by atoms with Crippen LogP contribution in [-0.4, -0.2) is 41.4 Å². The quantitative estimate of drug-likeness (QED) is 0.422. The van der Waals surface area contributed by atoms with Crippen LogP contribution in [0.4, 0.5) is 15.3 Å². The summed E-state index contributed by atoms with van der Waals surface area (Å²) in [6.07, 6.45) is -1.85. The number of nitrogens with zero attached hydrogens (tertiary/aromatic N) is 2. The van der Waals surface area contributed by atoms with E-state index in [1.54, 1.807) is 41.5 Å². The smallest absolute Gasteiger partial charge is 0.420 e. The molecular weight excluding hydrogens is 364 g/mol. The minimum absolute atomic E-state index is 0.131. The van der Waals surface area contributed by atoms with Crippen LogP contribution >= 0.6 is 0 Å². The highest BCUT2D eigenvalue weighted by Crippen LogP contribution is 2.23. The van der Waals surface area contributed by atoms with Gasteiger partial charge in [-0.25, -0.2) is 24.1 Å². The lowest BCUT2D eigenvalue weighted by molar-refractivity contribution is -0.000445. The van der Waals surface area contributed by atoms with E-state index in [9.17, 15) is 14.4 Å². The first-order valence-electron chi connectivity index (χ1n) is 8.59. The van der Waals surface area contributed by atoms with E-state index in [1.165, 1.54) is 25.3 Å². The van der Waals surface area contributed by atoms with Gasteiger partial charge in [-0.1, -0.05) is 18.2 Å². The third-order valence-electron chi connectivity index (χ3n) is 3.18. The van der Waals surface area contributed by atoms with E-state index in [0.29, 0.717) is 0 Å². The van der Waals surface area contributed by atoms with Gasteiger partial charge in [0.05, 0.1) is 25.8 Å². The van der Waals surface area contributed by atoms with Gasteiger partial charge in [0.1, 0.15) is 11.2 Å². The molecule has 0 bridgehead atoms. The van der Waals surface area contributed by atoms with E-state index in [0.717, 1.165) is 4.90 Å². The highest BCUT2D eigenvalue weighted by atomic mass is 16.6. The summed E-state index contributed by atoms with van der Waals surface area (Å²) in [6, 6.07) is 4.28. The molecule has 0 aliphatic rings. The van der Waals surface area contributed by atoms with Crippen molar-refractivity contribution < 1.29 is 28.6 Å². The molecule has 1 aromatic rings. The maximum Gasteiger partial charge on any atom is 0.420 e. The summed E-state index contributed by atoms with van der Waals surface area (Å²) in [5.74, 6) is -0.653. The maximum atomic E-state index is 12.6. The molecule has 1 aromatic carbocycles. The van der Waals surface area contributed by atoms with Crippen molar-refractivity contribution in [2.45, 2.75) is 59.3 Å². The van der Waals surface area contributed by atoms with Crippen molar-refractivity contribution in [3.05, 3.63) is 40.7 Å². The second-order valence-electron chi connectivity index (χ2n) is 7.99. The fourth-order valence-electron chi connectivity index (χ4n) is 2.10. The van der Waals surface area contributed by atoms with E-state index >= 15 is 0 Å². The monoisotopic (exact) mass is 390 g/mol. The van der Waals surface area contributed by atoms with E-state index < -0.39 is 29.4 Å². The molecule has 8 nitrogen and oxygen atoms in total. The van der Waals surface area contributed by atoms with Crippen LogP contribution in [0, 0.1) is 6.57 Å². The van der Waals surface area contributed by atoms with Gasteiger partial charge in [0, 0.05) is 0 Å². The lowest BCUT2D eigenvalue weighted by atomic mass is 10.1. The van der Waals surface area contributed by atoms with Gasteiger partial charge >= 0.3 is 18.2 Å². The number of methoxy groups -OCH3 is 1. The van der Waals surface area contributed by atoms with Gasteiger partial charge in [0.15, 0.2) is 5.69 Å². The van der Waals surface area contributed by atoms with Crippen LogP contribution in [0.5, 0.6) is 0 Å². The van der Waals surface area contributed by atoms with E-state index in [-0.39, 0.29) is 23.4 Å². The molecular formula is C20H26N2O6. The van der Waals surface area contributed by atoms with Crippen LogP contribution in [0.2, 0.25) is 0 Å². The Morgan fingerprint density at radius 1 is 1.00 bits per heavy atom. The zero-order valence-electron chi connectivity index (χ0n) is 17.3. The summed E-state index contributed by atoms with van der Waals surface area (Å²) in [5.41, 5.74) is -1.05. The Morgan fingerprint density at radius 2 is 1.50 bits per heavy atom. The van der Waals surface area contributed by atoms with Gasteiger partial charge in [-0.05, 0) is 47.1 Å². The first-order chi connectivity index (χ1) is 12.8. The normalized spacial score (nSPS) is 11.2. The zero-order chi connectivity index (χ0) is 21.7. The molecule has 0 saturated carbocycles. The lowest BCUT2D eigenvalue weighted by Crippen LogP contribution is -2.43. The number of rotatable bonds is 3. The first kappa shape index (κ1) is 23.0. The highest BCUT2D eigenvalue weighted by Gasteiger charge is 2.32. The van der Waals surface area contributed by atoms with Crippen molar-refractivity contribution in [3.8, 4) is 0 Å². The van der Waals surface area contributed by atoms with Crippen LogP contribution in [-0.2, 0) is 20.8 Å². The number of hydrogen-bond donors (Lipinski definition) is 0. The van der Waals surface area contributed by atoms with Crippen LogP contribution < -0.4 is 0 Å². The summed E-state index contributed by atoms with van der Waals surface area (Å²) in [7, 11) is 1.22. The number of esters is 1. The largest absolute Gasteiger partial charge is 0.465 e. The number of imide groups is 1. The summed E-state index contributed by atoms with van der Waals surface area (Å²) < 4.78 is 15.3. The Hall–Kier alpha value is -3.08. The van der Waals surface area contributed by atoms with Gasteiger partial charge in [-0.3, -0.25) is 0 Å². The Kier molecular flexibility index (Phi) is 7.17. The molecule has 0 fully saturated rings. The van der Waals surface area contributed by atoms with Crippen LogP contribution in [0.1, 0.15) is 57.5 Å². The first-order valence-corrected chi connectivity index (χ1v) is 8.59. The third-order valence-corrected chi connectivity index (χ3v) is 3.18. The average molecular weight is 390 g/mol. The van der Waals surface area contributed by atoms with Gasteiger partial charge in [0.2, 0.25) is 0 Å². The number of carbonyl (C=O) groups is 3. The molecule has 0 heterocycles. The van der Waals surface area contributed by atoms with Gasteiger partial charge in [0.25, 0.3) is 0 Å². The van der Waals surface area contributed by atoms with E-state index in [4.69, 9.17) is 20.8 Å². The Labute approximate surface area is 165 Å². The Balaban J connectivity index is 3.36. The molecule has 0 saturated heterocycles. The fourth-order valence-corrected chi connectivity index (χ4v) is 2.10. The Bertz CT molecular complexity index is 768. The third kappa shape index (κ3) is 6.91. The molecule has 0 unspecified atom stereocenters. The van der Waals surface area contributed by atoms with Crippen LogP contribution in [0.15, 0.2) is 18.2 Å². The van der Waals surface area contributed by atoms with Gasteiger partial charge in [-0.15, -0.1) is 0 Å². The minimum atomic E-state index is -0.925. The van der Waals surface area contributed by atoms with Gasteiger partial charge in [-0.2, -0.15) is 0 Å². The molecule has 0 atom stereocenters.